The summed E-state index contributed by atoms with van der Waals surface area (Å²) in [4.78, 5) is 10.8. The van der Waals surface area contributed by atoms with E-state index >= 15 is 0 Å². The molecule has 1 N–H and O–H groups in total. The van der Waals surface area contributed by atoms with Crippen LogP contribution in [0.15, 0.2) is 35.4 Å². The Balaban J connectivity index is 2.20. The number of nitrogens with one attached hydrogen (secondary N) is 1. The molecule has 2 rings (SSSR count). The molecule has 1 amide bonds. The van der Waals surface area contributed by atoms with Crippen LogP contribution in [0.2, 0.25) is 5.15 Å². The standard InChI is InChI=1S/C14H15ClN4O/c1-10-13(8-16-17-11(2)20)14(15)19(18-10)9-12-6-4-3-5-7-12/h3-8H,9H2,1-2H3,(H,17,20)/b16-8-. The number of benzene rings is 1. The van der Waals surface area contributed by atoms with E-state index < -0.39 is 0 Å². The van der Waals surface area contributed by atoms with Crippen LogP contribution in [0.1, 0.15) is 23.7 Å². The van der Waals surface area contributed by atoms with Crippen LogP contribution >= 0.6 is 11.6 Å². The number of nitrogens with zero attached hydrogens (tertiary/aromatic N) is 3. The topological polar surface area (TPSA) is 59.3 Å². The van der Waals surface area contributed by atoms with Crippen LogP contribution in [0, 0.1) is 6.92 Å². The van der Waals surface area contributed by atoms with Gasteiger partial charge in [-0.05, 0) is 12.5 Å². The Morgan fingerprint density at radius 2 is 2.15 bits per heavy atom. The summed E-state index contributed by atoms with van der Waals surface area (Å²) in [5.41, 5.74) is 4.92. The third kappa shape index (κ3) is 3.45. The highest BCUT2D eigenvalue weighted by molar-refractivity contribution is 6.32. The van der Waals surface area contributed by atoms with Gasteiger partial charge in [-0.1, -0.05) is 41.9 Å². The van der Waals surface area contributed by atoms with Crippen molar-refractivity contribution in [3.63, 3.8) is 0 Å². The number of carbonyl (C=O) groups is 1. The molecule has 0 aliphatic rings. The second-order valence-electron chi connectivity index (χ2n) is 4.36. The molecule has 0 saturated carbocycles. The number of aromatic nitrogens is 2. The molecule has 0 aliphatic carbocycles. The normalized spacial score (nSPS) is 10.9. The van der Waals surface area contributed by atoms with E-state index in [1.807, 2.05) is 37.3 Å². The molecule has 0 atom stereocenters. The zero-order valence-electron chi connectivity index (χ0n) is 11.3. The SMILES string of the molecule is CC(=O)N/N=C\c1c(C)nn(Cc2ccccc2)c1Cl. The lowest BCUT2D eigenvalue weighted by Gasteiger charge is -2.03. The number of aryl methyl sites for hydroxylation is 1. The molecule has 0 unspecified atom stereocenters. The third-order valence-corrected chi connectivity index (χ3v) is 3.10. The molecule has 6 heteroatoms. The van der Waals surface area contributed by atoms with Crippen molar-refractivity contribution >= 4 is 23.7 Å². The van der Waals surface area contributed by atoms with Crippen LogP contribution < -0.4 is 5.43 Å². The second-order valence-corrected chi connectivity index (χ2v) is 4.72. The minimum absolute atomic E-state index is 0.230. The fraction of sp³-hybridized carbons (Fsp3) is 0.214. The lowest BCUT2D eigenvalue weighted by Crippen LogP contribution is -2.12. The highest BCUT2D eigenvalue weighted by Gasteiger charge is 2.11. The summed E-state index contributed by atoms with van der Waals surface area (Å²) in [5, 5.41) is 8.71. The van der Waals surface area contributed by atoms with Gasteiger partial charge in [0, 0.05) is 6.92 Å². The minimum Gasteiger partial charge on any atom is -0.274 e. The number of carbonyl (C=O) groups excluding carboxylic acids is 1. The van der Waals surface area contributed by atoms with Gasteiger partial charge >= 0.3 is 0 Å². The number of hydrazone groups is 1. The molecule has 0 fully saturated rings. The van der Waals surface area contributed by atoms with Crippen LogP contribution in [0.25, 0.3) is 0 Å². The lowest BCUT2D eigenvalue weighted by molar-refractivity contribution is -0.118. The maximum absolute atomic E-state index is 10.8. The van der Waals surface area contributed by atoms with Crippen molar-refractivity contribution in [2.24, 2.45) is 5.10 Å². The zero-order valence-corrected chi connectivity index (χ0v) is 12.1. The van der Waals surface area contributed by atoms with Crippen molar-refractivity contribution in [2.75, 3.05) is 0 Å². The molecule has 1 aromatic carbocycles. The van der Waals surface area contributed by atoms with Gasteiger partial charge in [-0.2, -0.15) is 10.2 Å². The van der Waals surface area contributed by atoms with Crippen molar-refractivity contribution in [3.05, 3.63) is 52.3 Å². The maximum atomic E-state index is 10.8. The van der Waals surface area contributed by atoms with Gasteiger partial charge < -0.3 is 0 Å². The average Bonchev–Trinajstić information content (AvgIpc) is 2.67. The van der Waals surface area contributed by atoms with Crippen LogP contribution in [-0.2, 0) is 11.3 Å². The number of rotatable bonds is 4. The Kier molecular flexibility index (Phi) is 4.53. The molecule has 5 nitrogen and oxygen atoms in total. The van der Waals surface area contributed by atoms with Gasteiger partial charge in [0.1, 0.15) is 5.15 Å². The number of halogens is 1. The van der Waals surface area contributed by atoms with Gasteiger partial charge in [-0.25, -0.2) is 10.1 Å². The summed E-state index contributed by atoms with van der Waals surface area (Å²) in [6.45, 7) is 3.83. The lowest BCUT2D eigenvalue weighted by atomic mass is 10.2. The second kappa shape index (κ2) is 6.34. The Morgan fingerprint density at radius 1 is 1.45 bits per heavy atom. The van der Waals surface area contributed by atoms with Gasteiger partial charge in [0.05, 0.1) is 24.0 Å². The van der Waals surface area contributed by atoms with E-state index in [2.05, 4.69) is 15.6 Å². The Morgan fingerprint density at radius 3 is 2.80 bits per heavy atom. The van der Waals surface area contributed by atoms with Gasteiger partial charge in [-0.3, -0.25) is 4.79 Å². The third-order valence-electron chi connectivity index (χ3n) is 2.70. The molecule has 0 saturated heterocycles. The summed E-state index contributed by atoms with van der Waals surface area (Å²) in [7, 11) is 0. The number of hydrogen-bond donors (Lipinski definition) is 1. The summed E-state index contributed by atoms with van der Waals surface area (Å²) in [5.74, 6) is -0.230. The molecular formula is C14H15ClN4O. The number of amides is 1. The smallest absolute Gasteiger partial charge is 0.236 e. The Bertz CT molecular complexity index is 634. The first kappa shape index (κ1) is 14.3. The predicted molar refractivity (Wildman–Crippen MR) is 78.9 cm³/mol. The largest absolute Gasteiger partial charge is 0.274 e. The van der Waals surface area contributed by atoms with E-state index in [9.17, 15) is 4.79 Å². The van der Waals surface area contributed by atoms with Crippen molar-refractivity contribution in [2.45, 2.75) is 20.4 Å². The van der Waals surface area contributed by atoms with E-state index in [1.165, 1.54) is 13.1 Å². The molecule has 0 bridgehead atoms. The quantitative estimate of drug-likeness (QED) is 0.694. The zero-order chi connectivity index (χ0) is 14.5. The summed E-state index contributed by atoms with van der Waals surface area (Å²) in [6.07, 6.45) is 1.51. The molecule has 1 heterocycles. The van der Waals surface area contributed by atoms with Crippen molar-refractivity contribution in [1.82, 2.24) is 15.2 Å². The van der Waals surface area contributed by atoms with Crippen LogP contribution in [0.3, 0.4) is 0 Å². The van der Waals surface area contributed by atoms with E-state index in [1.54, 1.807) is 4.68 Å². The predicted octanol–water partition coefficient (Wildman–Crippen LogP) is 2.36. The molecule has 0 aliphatic heterocycles. The van der Waals surface area contributed by atoms with Crippen LogP contribution in [0.4, 0.5) is 0 Å². The maximum Gasteiger partial charge on any atom is 0.236 e. The molecule has 104 valence electrons. The van der Waals surface area contributed by atoms with Gasteiger partial charge in [-0.15, -0.1) is 0 Å². The number of hydrogen-bond acceptors (Lipinski definition) is 3. The molecule has 1 aromatic heterocycles. The molecule has 2 aromatic rings. The summed E-state index contributed by atoms with van der Waals surface area (Å²) in [6, 6.07) is 9.93. The Labute approximate surface area is 122 Å². The van der Waals surface area contributed by atoms with Crippen molar-refractivity contribution in [3.8, 4) is 0 Å². The van der Waals surface area contributed by atoms with Gasteiger partial charge in [0.15, 0.2) is 0 Å². The van der Waals surface area contributed by atoms with Gasteiger partial charge in [0.25, 0.3) is 0 Å². The van der Waals surface area contributed by atoms with E-state index in [-0.39, 0.29) is 5.91 Å². The van der Waals surface area contributed by atoms with Crippen molar-refractivity contribution < 1.29 is 4.79 Å². The summed E-state index contributed by atoms with van der Waals surface area (Å²) < 4.78 is 1.71. The van der Waals surface area contributed by atoms with E-state index in [0.717, 1.165) is 11.3 Å². The first-order valence-corrected chi connectivity index (χ1v) is 6.52. The fourth-order valence-electron chi connectivity index (χ4n) is 1.76. The summed E-state index contributed by atoms with van der Waals surface area (Å²) >= 11 is 6.29. The van der Waals surface area contributed by atoms with E-state index in [4.69, 9.17) is 11.6 Å². The molecule has 0 radical (unpaired) electrons. The van der Waals surface area contributed by atoms with Gasteiger partial charge in [0.2, 0.25) is 5.91 Å². The highest BCUT2D eigenvalue weighted by atomic mass is 35.5. The van der Waals surface area contributed by atoms with Crippen molar-refractivity contribution in [1.29, 1.82) is 0 Å². The fourth-order valence-corrected chi connectivity index (χ4v) is 2.05. The molecule has 0 spiro atoms. The van der Waals surface area contributed by atoms with E-state index in [0.29, 0.717) is 17.3 Å². The van der Waals surface area contributed by atoms with Crippen LogP contribution in [0.5, 0.6) is 0 Å². The molecular weight excluding hydrogens is 276 g/mol. The monoisotopic (exact) mass is 290 g/mol. The molecule has 20 heavy (non-hydrogen) atoms. The minimum atomic E-state index is -0.230. The average molecular weight is 291 g/mol. The Hall–Kier alpha value is -2.14. The van der Waals surface area contributed by atoms with Crippen LogP contribution in [-0.4, -0.2) is 21.9 Å². The highest BCUT2D eigenvalue weighted by Crippen LogP contribution is 2.19. The first-order valence-electron chi connectivity index (χ1n) is 6.14. The first-order chi connectivity index (χ1) is 9.58.